The van der Waals surface area contributed by atoms with E-state index >= 15 is 0 Å². The first kappa shape index (κ1) is 21.9. The fourth-order valence-electron chi connectivity index (χ4n) is 2.31. The first-order chi connectivity index (χ1) is 13.3. The van der Waals surface area contributed by atoms with Crippen LogP contribution in [0.5, 0.6) is 0 Å². The van der Waals surface area contributed by atoms with Gasteiger partial charge in [0.15, 0.2) is 6.61 Å². The molecule has 0 saturated carbocycles. The highest BCUT2D eigenvalue weighted by molar-refractivity contribution is 9.10. The quantitative estimate of drug-likeness (QED) is 0.551. The number of anilines is 2. The molecule has 0 aliphatic rings. The number of halogens is 2. The third-order valence-electron chi connectivity index (χ3n) is 3.77. The van der Waals surface area contributed by atoms with E-state index in [1.165, 1.54) is 0 Å². The third kappa shape index (κ3) is 7.32. The van der Waals surface area contributed by atoms with Crippen LogP contribution in [0.15, 0.2) is 46.9 Å². The standard InChI is InChI=1S/C20H20BrClN2O4/c1-13-5-2-3-6-17(13)24-18(25)7-4-8-20(27)28-12-19(26)23-14-9-10-15(21)16(22)11-14/h2-3,5-6,9-11H,4,7-8,12H2,1H3,(H,23,26)(H,24,25). The average molecular weight is 468 g/mol. The molecule has 28 heavy (non-hydrogen) atoms. The number of esters is 1. The van der Waals surface area contributed by atoms with Crippen LogP contribution < -0.4 is 10.6 Å². The summed E-state index contributed by atoms with van der Waals surface area (Å²) in [5.41, 5.74) is 2.22. The van der Waals surface area contributed by atoms with Gasteiger partial charge in [-0.3, -0.25) is 14.4 Å². The Labute approximate surface area is 176 Å². The SMILES string of the molecule is Cc1ccccc1NC(=O)CCCC(=O)OCC(=O)Nc1ccc(Br)c(Cl)c1. The number of ether oxygens (including phenoxy) is 1. The van der Waals surface area contributed by atoms with Gasteiger partial charge in [-0.2, -0.15) is 0 Å². The van der Waals surface area contributed by atoms with Crippen LogP contribution >= 0.6 is 27.5 Å². The van der Waals surface area contributed by atoms with Crippen molar-refractivity contribution in [3.8, 4) is 0 Å². The molecule has 148 valence electrons. The number of para-hydroxylation sites is 1. The predicted molar refractivity (Wildman–Crippen MR) is 112 cm³/mol. The number of benzene rings is 2. The molecule has 2 aromatic carbocycles. The Hall–Kier alpha value is -2.38. The van der Waals surface area contributed by atoms with Gasteiger partial charge in [0.1, 0.15) is 0 Å². The lowest BCUT2D eigenvalue weighted by molar-refractivity contribution is -0.147. The van der Waals surface area contributed by atoms with E-state index in [0.717, 1.165) is 11.3 Å². The number of carbonyl (C=O) groups excluding carboxylic acids is 3. The van der Waals surface area contributed by atoms with Gasteiger partial charge in [0, 0.05) is 28.7 Å². The molecular formula is C20H20BrClN2O4. The Morgan fingerprint density at radius 2 is 1.79 bits per heavy atom. The maximum Gasteiger partial charge on any atom is 0.306 e. The van der Waals surface area contributed by atoms with Crippen LogP contribution in [0, 0.1) is 6.92 Å². The fraction of sp³-hybridized carbons (Fsp3) is 0.250. The molecule has 0 aromatic heterocycles. The van der Waals surface area contributed by atoms with Crippen molar-refractivity contribution in [3.63, 3.8) is 0 Å². The number of carbonyl (C=O) groups is 3. The minimum absolute atomic E-state index is 0.0542. The van der Waals surface area contributed by atoms with Gasteiger partial charge < -0.3 is 15.4 Å². The lowest BCUT2D eigenvalue weighted by atomic mass is 10.2. The summed E-state index contributed by atoms with van der Waals surface area (Å²) in [5.74, 6) is -1.18. The van der Waals surface area contributed by atoms with Gasteiger partial charge in [0.05, 0.1) is 5.02 Å². The molecule has 2 rings (SSSR count). The Morgan fingerprint density at radius 3 is 2.50 bits per heavy atom. The lowest BCUT2D eigenvalue weighted by Gasteiger charge is -2.09. The summed E-state index contributed by atoms with van der Waals surface area (Å²) in [5, 5.41) is 5.84. The van der Waals surface area contributed by atoms with Gasteiger partial charge >= 0.3 is 5.97 Å². The molecule has 2 N–H and O–H groups in total. The van der Waals surface area contributed by atoms with Crippen molar-refractivity contribution in [2.45, 2.75) is 26.2 Å². The molecule has 0 aliphatic heterocycles. The van der Waals surface area contributed by atoms with E-state index in [0.29, 0.717) is 21.6 Å². The molecule has 2 aromatic rings. The van der Waals surface area contributed by atoms with Gasteiger partial charge in [-0.05, 0) is 59.1 Å². The highest BCUT2D eigenvalue weighted by Gasteiger charge is 2.10. The molecule has 0 saturated heterocycles. The van der Waals surface area contributed by atoms with E-state index in [2.05, 4.69) is 26.6 Å². The molecule has 6 nitrogen and oxygen atoms in total. The van der Waals surface area contributed by atoms with Crippen molar-refractivity contribution in [3.05, 3.63) is 57.5 Å². The second kappa shape index (κ2) is 10.8. The maximum atomic E-state index is 11.9. The Balaban J connectivity index is 1.65. The van der Waals surface area contributed by atoms with Crippen LogP contribution in [0.25, 0.3) is 0 Å². The van der Waals surface area contributed by atoms with E-state index in [1.54, 1.807) is 18.2 Å². The molecule has 0 aliphatic carbocycles. The fourth-order valence-corrected chi connectivity index (χ4v) is 2.74. The molecule has 2 amide bonds. The van der Waals surface area contributed by atoms with Crippen LogP contribution in [0.4, 0.5) is 11.4 Å². The second-order valence-corrected chi connectivity index (χ2v) is 7.32. The normalized spacial score (nSPS) is 10.2. The number of rotatable bonds is 8. The highest BCUT2D eigenvalue weighted by atomic mass is 79.9. The molecule has 0 unspecified atom stereocenters. The summed E-state index contributed by atoms with van der Waals surface area (Å²) >= 11 is 9.21. The summed E-state index contributed by atoms with van der Waals surface area (Å²) < 4.78 is 5.64. The summed E-state index contributed by atoms with van der Waals surface area (Å²) in [6.45, 7) is 1.50. The molecule has 0 fully saturated rings. The minimum Gasteiger partial charge on any atom is -0.456 e. The zero-order valence-electron chi connectivity index (χ0n) is 15.3. The maximum absolute atomic E-state index is 11.9. The number of amides is 2. The monoisotopic (exact) mass is 466 g/mol. The van der Waals surface area contributed by atoms with Gasteiger partial charge in [-0.1, -0.05) is 29.8 Å². The zero-order chi connectivity index (χ0) is 20.5. The summed E-state index contributed by atoms with van der Waals surface area (Å²) in [4.78, 5) is 35.5. The predicted octanol–water partition coefficient (Wildman–Crippen LogP) is 4.70. The molecule has 0 heterocycles. The number of aryl methyl sites for hydroxylation is 1. The Morgan fingerprint density at radius 1 is 1.04 bits per heavy atom. The molecular weight excluding hydrogens is 448 g/mol. The number of hydrogen-bond donors (Lipinski definition) is 2. The van der Waals surface area contributed by atoms with E-state index in [9.17, 15) is 14.4 Å². The van der Waals surface area contributed by atoms with Gasteiger partial charge in [-0.15, -0.1) is 0 Å². The van der Waals surface area contributed by atoms with Crippen LogP contribution in [0.3, 0.4) is 0 Å². The van der Waals surface area contributed by atoms with Crippen molar-refractivity contribution < 1.29 is 19.1 Å². The smallest absolute Gasteiger partial charge is 0.306 e. The van der Waals surface area contributed by atoms with Gasteiger partial charge in [0.25, 0.3) is 5.91 Å². The van der Waals surface area contributed by atoms with E-state index in [1.807, 2.05) is 31.2 Å². The minimum atomic E-state index is -0.535. The first-order valence-electron chi connectivity index (χ1n) is 8.61. The van der Waals surface area contributed by atoms with Crippen molar-refractivity contribution >= 4 is 56.7 Å². The third-order valence-corrected chi connectivity index (χ3v) is 5.00. The second-order valence-electron chi connectivity index (χ2n) is 6.05. The Kier molecular flexibility index (Phi) is 8.47. The first-order valence-corrected chi connectivity index (χ1v) is 9.78. The van der Waals surface area contributed by atoms with Crippen molar-refractivity contribution in [1.82, 2.24) is 0 Å². The highest BCUT2D eigenvalue weighted by Crippen LogP contribution is 2.25. The number of nitrogens with one attached hydrogen (secondary N) is 2. The van der Waals surface area contributed by atoms with Crippen LogP contribution in [0.1, 0.15) is 24.8 Å². The van der Waals surface area contributed by atoms with Crippen LogP contribution in [-0.2, 0) is 19.1 Å². The van der Waals surface area contributed by atoms with E-state index in [-0.39, 0.29) is 18.7 Å². The zero-order valence-corrected chi connectivity index (χ0v) is 17.6. The topological polar surface area (TPSA) is 84.5 Å². The molecule has 0 bridgehead atoms. The van der Waals surface area contributed by atoms with Crippen LogP contribution in [0.2, 0.25) is 5.02 Å². The van der Waals surface area contributed by atoms with Gasteiger partial charge in [0.2, 0.25) is 5.91 Å². The molecule has 0 atom stereocenters. The average Bonchev–Trinajstić information content (AvgIpc) is 2.65. The number of hydrogen-bond acceptors (Lipinski definition) is 4. The summed E-state index contributed by atoms with van der Waals surface area (Å²) in [7, 11) is 0. The summed E-state index contributed by atoms with van der Waals surface area (Å²) in [6, 6.07) is 12.4. The molecule has 0 spiro atoms. The summed E-state index contributed by atoms with van der Waals surface area (Å²) in [6.07, 6.45) is 0.575. The Bertz CT molecular complexity index is 873. The van der Waals surface area contributed by atoms with E-state index in [4.69, 9.17) is 16.3 Å². The van der Waals surface area contributed by atoms with Crippen molar-refractivity contribution in [2.75, 3.05) is 17.2 Å². The van der Waals surface area contributed by atoms with Crippen molar-refractivity contribution in [2.24, 2.45) is 0 Å². The largest absolute Gasteiger partial charge is 0.456 e. The van der Waals surface area contributed by atoms with Crippen LogP contribution in [-0.4, -0.2) is 24.4 Å². The lowest BCUT2D eigenvalue weighted by Crippen LogP contribution is -2.21. The molecule has 0 radical (unpaired) electrons. The van der Waals surface area contributed by atoms with Gasteiger partial charge in [-0.25, -0.2) is 0 Å². The van der Waals surface area contributed by atoms with Crippen molar-refractivity contribution in [1.29, 1.82) is 0 Å². The molecule has 8 heteroatoms. The van der Waals surface area contributed by atoms with E-state index < -0.39 is 18.5 Å².